The Hall–Kier alpha value is -4.13. The largest absolute Gasteiger partial charge is 0.577 e. The fraction of sp³-hybridized carbons (Fsp3) is 0.320. The smallest absolute Gasteiger partial charge is 0.102 e. The molecule has 0 aliphatic heterocycles. The molecule has 1 amide bonds. The van der Waals surface area contributed by atoms with E-state index in [1.54, 1.807) is 34.2 Å². The number of nitrogens with zero attached hydrogens (tertiary/aromatic N) is 1. The third kappa shape index (κ3) is 9.52. The van der Waals surface area contributed by atoms with Crippen LogP contribution in [0.4, 0.5) is 0 Å². The Bertz CT molecular complexity index is 2010. The van der Waals surface area contributed by atoms with Crippen molar-refractivity contribution in [2.45, 2.75) is 80.2 Å². The predicted molar refractivity (Wildman–Crippen MR) is 237 cm³/mol. The molecule has 56 heavy (non-hydrogen) atoms. The van der Waals surface area contributed by atoms with Crippen LogP contribution in [0.2, 0.25) is 0 Å². The van der Waals surface area contributed by atoms with E-state index in [1.807, 2.05) is 31.2 Å². The summed E-state index contributed by atoms with van der Waals surface area (Å²) in [5, 5.41) is 9.32. The molecule has 4 nitrogen and oxygen atoms in total. The maximum Gasteiger partial charge on any atom is 0.102 e. The van der Waals surface area contributed by atoms with E-state index in [0.717, 1.165) is 29.2 Å². The van der Waals surface area contributed by atoms with Gasteiger partial charge in [-0.3, -0.25) is 0 Å². The van der Waals surface area contributed by atoms with E-state index >= 15 is 0 Å². The third-order valence-corrected chi connectivity index (χ3v) is 15.7. The fourth-order valence-electron chi connectivity index (χ4n) is 9.44. The molecule has 0 aromatic heterocycles. The van der Waals surface area contributed by atoms with Gasteiger partial charge in [0.15, 0.2) is 0 Å². The van der Waals surface area contributed by atoms with Gasteiger partial charge >= 0.3 is 0 Å². The van der Waals surface area contributed by atoms with E-state index in [0.29, 0.717) is 5.41 Å². The Kier molecular flexibility index (Phi) is 16.2. The molecule has 6 aromatic rings. The van der Waals surface area contributed by atoms with E-state index in [9.17, 15) is 4.79 Å². The van der Waals surface area contributed by atoms with Crippen molar-refractivity contribution in [1.82, 2.24) is 5.32 Å². The second kappa shape index (κ2) is 20.3. The first-order valence-electron chi connectivity index (χ1n) is 19.6. The van der Waals surface area contributed by atoms with Crippen LogP contribution in [-0.2, 0) is 25.2 Å². The minimum Gasteiger partial charge on any atom is -0.577 e. The Morgan fingerprint density at radius 3 is 1.59 bits per heavy atom. The Morgan fingerprint density at radius 2 is 1.14 bits per heavy atom. The topological polar surface area (TPSA) is 68.5 Å². The quantitative estimate of drug-likeness (QED) is 0.0984. The van der Waals surface area contributed by atoms with Gasteiger partial charge in [0.2, 0.25) is 0 Å². The van der Waals surface area contributed by atoms with Crippen LogP contribution in [0.5, 0.6) is 0 Å². The fourth-order valence-corrected chi connectivity index (χ4v) is 12.0. The van der Waals surface area contributed by atoms with Gasteiger partial charge < -0.3 is 20.6 Å². The number of rotatable bonds is 7. The molecule has 0 heterocycles. The molecule has 3 fully saturated rings. The third-order valence-electron chi connectivity index (χ3n) is 13.0. The van der Waals surface area contributed by atoms with E-state index in [2.05, 4.69) is 163 Å². The minimum absolute atomic E-state index is 0. The number of amides is 1. The molecule has 5 atom stereocenters. The van der Waals surface area contributed by atoms with Gasteiger partial charge in [0.05, 0.1) is 7.92 Å². The van der Waals surface area contributed by atoms with Gasteiger partial charge in [-0.2, -0.15) is 28.7 Å². The minimum atomic E-state index is -0.877. The van der Waals surface area contributed by atoms with Crippen molar-refractivity contribution in [2.24, 2.45) is 23.2 Å². The van der Waals surface area contributed by atoms with Gasteiger partial charge in [-0.15, -0.1) is 5.56 Å². The zero-order valence-electron chi connectivity index (χ0n) is 34.1. The normalized spacial score (nSPS) is 19.2. The molecule has 6 heteroatoms. The Morgan fingerprint density at radius 1 is 0.696 bits per heavy atom. The van der Waals surface area contributed by atoms with Crippen LogP contribution in [0.1, 0.15) is 85.9 Å². The van der Waals surface area contributed by atoms with Gasteiger partial charge in [0, 0.05) is 26.5 Å². The second-order valence-electron chi connectivity index (χ2n) is 16.0. The Labute approximate surface area is 350 Å². The van der Waals surface area contributed by atoms with Crippen molar-refractivity contribution in [2.75, 3.05) is 0 Å². The Balaban J connectivity index is 0.000000182. The van der Waals surface area contributed by atoms with Gasteiger partial charge in [-0.25, -0.2) is 0 Å². The summed E-state index contributed by atoms with van der Waals surface area (Å²) in [5.74, 6) is 3.60. The number of benzene rings is 5. The van der Waals surface area contributed by atoms with Crippen LogP contribution in [0, 0.1) is 55.8 Å². The molecule has 0 saturated heterocycles. The first kappa shape index (κ1) is 44.6. The maximum absolute atomic E-state index is 10.3. The van der Waals surface area contributed by atoms with Gasteiger partial charge in [-0.1, -0.05) is 158 Å². The predicted octanol–water partition coefficient (Wildman–Crippen LogP) is 11.5. The van der Waals surface area contributed by atoms with E-state index in [4.69, 9.17) is 10.5 Å². The molecular formula is C50H57N2O2PRe-2. The van der Waals surface area contributed by atoms with Crippen molar-refractivity contribution in [3.63, 3.8) is 0 Å². The molecule has 1 radical (unpaired) electrons. The first-order valence-corrected chi connectivity index (χ1v) is 21.1. The SMILES string of the molecule is CC(N[C-]=O)c1cccc2ccccc12.Cc1c(C)c(C)[c-](C2CC3CC(C2C)C3(C)C)c1C.[N-]=O.[Re].c1ccc([PH+](c2ccccc2)c2ccccc2)cc1. The second-order valence-corrected chi connectivity index (χ2v) is 18.5. The summed E-state index contributed by atoms with van der Waals surface area (Å²) < 4.78 is 0. The van der Waals surface area contributed by atoms with Crippen LogP contribution < -0.4 is 21.2 Å². The number of nitroso groups, excluding NO2 is 1. The average Bonchev–Trinajstić information content (AvgIpc) is 3.41. The summed E-state index contributed by atoms with van der Waals surface area (Å²) in [4.78, 5) is 17.5. The molecule has 2 bridgehead atoms. The molecular weight excluding hydrogens is 878 g/mol. The van der Waals surface area contributed by atoms with E-state index in [1.165, 1.54) is 39.5 Å². The molecule has 9 rings (SSSR count). The zero-order chi connectivity index (χ0) is 39.7. The maximum atomic E-state index is 10.3. The number of carbonyl (C=O) groups excluding carboxylic acids is 1. The summed E-state index contributed by atoms with van der Waals surface area (Å²) in [7, 11) is -0.877. The van der Waals surface area contributed by atoms with Gasteiger partial charge in [0.1, 0.15) is 15.9 Å². The summed E-state index contributed by atoms with van der Waals surface area (Å²) in [6, 6.07) is 46.7. The number of nitrogens with one attached hydrogen (secondary N) is 1. The zero-order valence-corrected chi connectivity index (χ0v) is 37.9. The molecule has 0 spiro atoms. The molecule has 5 unspecified atom stereocenters. The van der Waals surface area contributed by atoms with Gasteiger partial charge in [0.25, 0.3) is 0 Å². The summed E-state index contributed by atoms with van der Waals surface area (Å²) in [6.07, 6.45) is 4.64. The van der Waals surface area contributed by atoms with Crippen LogP contribution in [0.25, 0.3) is 16.4 Å². The van der Waals surface area contributed by atoms with E-state index in [-0.39, 0.29) is 26.5 Å². The molecule has 6 aromatic carbocycles. The molecule has 3 saturated carbocycles. The summed E-state index contributed by atoms with van der Waals surface area (Å²) >= 11 is 0. The van der Waals surface area contributed by atoms with Crippen molar-refractivity contribution in [3.05, 3.63) is 177 Å². The first-order chi connectivity index (χ1) is 26.5. The molecule has 293 valence electrons. The van der Waals surface area contributed by atoms with Crippen LogP contribution in [0.3, 0.4) is 0 Å². The van der Waals surface area contributed by atoms with Crippen molar-refractivity contribution in [3.8, 4) is 0 Å². The molecule has 3 aliphatic carbocycles. The van der Waals surface area contributed by atoms with Crippen molar-refractivity contribution < 1.29 is 25.2 Å². The average molecular weight is 935 g/mol. The van der Waals surface area contributed by atoms with Crippen molar-refractivity contribution in [1.29, 1.82) is 0 Å². The van der Waals surface area contributed by atoms with Crippen molar-refractivity contribution >= 4 is 41.0 Å². The van der Waals surface area contributed by atoms with Crippen LogP contribution >= 0.6 is 7.92 Å². The summed E-state index contributed by atoms with van der Waals surface area (Å²) in [5.41, 5.74) is 15.5. The van der Waals surface area contributed by atoms with Crippen LogP contribution in [0.15, 0.2) is 133 Å². The number of hydrogen-bond donors (Lipinski definition) is 1. The monoisotopic (exact) mass is 935 g/mol. The number of hydrogen-bond acceptors (Lipinski definition) is 2. The summed E-state index contributed by atoms with van der Waals surface area (Å²) in [6.45, 7) is 18.8. The molecule has 3 aliphatic rings. The van der Waals surface area contributed by atoms with Gasteiger partial charge in [-0.05, 0) is 89.2 Å². The van der Waals surface area contributed by atoms with Crippen LogP contribution in [-0.4, -0.2) is 6.41 Å². The molecule has 1 N–H and O–H groups in total. The standard InChI is InChI=1S/C19H29.C18H15P.C13H12NO.NO.Re/c1-10-11(2)13(4)18(12(10)3)16-8-15-9-17(14(16)5)19(15,6)7;1-4-10-16(11-5-1)19(17-12-6-2-7-13-17)18-14-8-3-9-15-18;1-10(14-9-15)12-8-4-6-11-5-2-3-7-13(11)12;1-2;/h14-17H,8-9H2,1-7H3;1-15H;2-8,10H,1H3,(H,14,15);;/q-1;;2*-1;/p+1. The number of fused-ring (bicyclic) bond motifs is 3. The van der Waals surface area contributed by atoms with E-state index < -0.39 is 7.92 Å².